The fourth-order valence-corrected chi connectivity index (χ4v) is 1.56. The molecule has 0 aliphatic carbocycles. The molecule has 0 aromatic heterocycles. The molecule has 0 atom stereocenters. The highest BCUT2D eigenvalue weighted by molar-refractivity contribution is 5.30. The summed E-state index contributed by atoms with van der Waals surface area (Å²) in [4.78, 5) is 0. The van der Waals surface area contributed by atoms with Crippen LogP contribution >= 0.6 is 0 Å². The number of aryl methyl sites for hydroxylation is 1. The van der Waals surface area contributed by atoms with Crippen molar-refractivity contribution in [3.63, 3.8) is 0 Å². The average Bonchev–Trinajstić information content (AvgIpc) is 2.28. The maximum atomic E-state index is 13.8. The summed E-state index contributed by atoms with van der Waals surface area (Å²) in [5.41, 5.74) is 0.637. The van der Waals surface area contributed by atoms with E-state index in [1.165, 1.54) is 0 Å². The van der Waals surface area contributed by atoms with Crippen molar-refractivity contribution >= 4 is 0 Å². The van der Waals surface area contributed by atoms with Gasteiger partial charge >= 0.3 is 0 Å². The van der Waals surface area contributed by atoms with Crippen LogP contribution in [-0.4, -0.2) is 18.7 Å². The second-order valence-electron chi connectivity index (χ2n) is 6.94. The van der Waals surface area contributed by atoms with Crippen molar-refractivity contribution in [1.82, 2.24) is 5.32 Å². The summed E-state index contributed by atoms with van der Waals surface area (Å²) >= 11 is 0. The maximum Gasteiger partial charge on any atom is 0.167 e. The first-order valence-electron chi connectivity index (χ1n) is 6.74. The largest absolute Gasteiger partial charge is 0.490 e. The molecule has 1 aromatic carbocycles. The van der Waals surface area contributed by atoms with E-state index in [0.717, 1.165) is 6.54 Å². The van der Waals surface area contributed by atoms with E-state index in [1.54, 1.807) is 19.1 Å². The minimum atomic E-state index is -0.262. The molecule has 0 saturated carbocycles. The third-order valence-corrected chi connectivity index (χ3v) is 2.87. The molecule has 2 nitrogen and oxygen atoms in total. The Balaban J connectivity index is 2.57. The standard InChI is InChI=1S/C16H26FNO/c1-12-8-7-9-13(14(12)17)19-11-16(5,6)10-18-15(2,3)4/h7-9,18H,10-11H2,1-6H3. The molecule has 1 aromatic rings. The van der Waals surface area contributed by atoms with Crippen molar-refractivity contribution in [3.8, 4) is 5.75 Å². The summed E-state index contributed by atoms with van der Waals surface area (Å²) in [6, 6.07) is 5.23. The highest BCUT2D eigenvalue weighted by Crippen LogP contribution is 2.23. The number of hydrogen-bond acceptors (Lipinski definition) is 2. The number of nitrogens with one attached hydrogen (secondary N) is 1. The number of hydrogen-bond donors (Lipinski definition) is 1. The molecule has 0 spiro atoms. The Morgan fingerprint density at radius 3 is 2.37 bits per heavy atom. The molecule has 108 valence electrons. The Labute approximate surface area is 116 Å². The zero-order valence-electron chi connectivity index (χ0n) is 12.9. The molecule has 0 bridgehead atoms. The Hall–Kier alpha value is -1.09. The van der Waals surface area contributed by atoms with Gasteiger partial charge in [0, 0.05) is 17.5 Å². The zero-order chi connectivity index (χ0) is 14.7. The van der Waals surface area contributed by atoms with E-state index < -0.39 is 0 Å². The molecule has 0 amide bonds. The molecule has 0 unspecified atom stereocenters. The molecular formula is C16H26FNO. The highest BCUT2D eigenvalue weighted by atomic mass is 19.1. The third-order valence-electron chi connectivity index (χ3n) is 2.87. The molecule has 1 rings (SSSR count). The summed E-state index contributed by atoms with van der Waals surface area (Å²) in [6.07, 6.45) is 0. The van der Waals surface area contributed by atoms with Gasteiger partial charge in [-0.25, -0.2) is 4.39 Å². The number of rotatable bonds is 5. The lowest BCUT2D eigenvalue weighted by molar-refractivity contribution is 0.161. The van der Waals surface area contributed by atoms with Gasteiger partial charge in [0.15, 0.2) is 11.6 Å². The van der Waals surface area contributed by atoms with Crippen molar-refractivity contribution in [2.45, 2.75) is 47.1 Å². The SMILES string of the molecule is Cc1cccc(OCC(C)(C)CNC(C)(C)C)c1F. The van der Waals surface area contributed by atoms with Crippen LogP contribution in [0.1, 0.15) is 40.2 Å². The monoisotopic (exact) mass is 267 g/mol. The molecule has 0 heterocycles. The lowest BCUT2D eigenvalue weighted by Crippen LogP contribution is -2.43. The van der Waals surface area contributed by atoms with Gasteiger partial charge in [-0.1, -0.05) is 26.0 Å². The molecule has 3 heteroatoms. The van der Waals surface area contributed by atoms with Crippen molar-refractivity contribution in [1.29, 1.82) is 0 Å². The van der Waals surface area contributed by atoms with Crippen LogP contribution in [0.5, 0.6) is 5.75 Å². The first kappa shape index (κ1) is 16.0. The smallest absolute Gasteiger partial charge is 0.167 e. The zero-order valence-corrected chi connectivity index (χ0v) is 12.9. The molecule has 1 N–H and O–H groups in total. The molecule has 0 aliphatic heterocycles. The van der Waals surface area contributed by atoms with Gasteiger partial charge in [-0.2, -0.15) is 0 Å². The predicted molar refractivity (Wildman–Crippen MR) is 78.2 cm³/mol. The van der Waals surface area contributed by atoms with Gasteiger partial charge in [0.05, 0.1) is 6.61 Å². The maximum absolute atomic E-state index is 13.8. The molecule has 0 aliphatic rings. The minimum absolute atomic E-state index is 0.0521. The van der Waals surface area contributed by atoms with Gasteiger partial charge in [-0.3, -0.25) is 0 Å². The van der Waals surface area contributed by atoms with Crippen LogP contribution in [0.2, 0.25) is 0 Å². The van der Waals surface area contributed by atoms with Gasteiger partial charge in [0.2, 0.25) is 0 Å². The third kappa shape index (κ3) is 5.60. The van der Waals surface area contributed by atoms with Gasteiger partial charge in [0.25, 0.3) is 0 Å². The highest BCUT2D eigenvalue weighted by Gasteiger charge is 2.22. The Morgan fingerprint density at radius 1 is 1.16 bits per heavy atom. The van der Waals surface area contributed by atoms with Gasteiger partial charge in [0.1, 0.15) is 0 Å². The quantitative estimate of drug-likeness (QED) is 0.873. The van der Waals surface area contributed by atoms with Crippen LogP contribution in [0.15, 0.2) is 18.2 Å². The van der Waals surface area contributed by atoms with Gasteiger partial charge < -0.3 is 10.1 Å². The second kappa shape index (κ2) is 5.91. The van der Waals surface area contributed by atoms with E-state index in [1.807, 2.05) is 6.07 Å². The predicted octanol–water partition coefficient (Wildman–Crippen LogP) is 3.93. The first-order chi connectivity index (χ1) is 8.61. The number of halogens is 1. The Bertz CT molecular complexity index is 421. The lowest BCUT2D eigenvalue weighted by Gasteiger charge is -2.30. The second-order valence-corrected chi connectivity index (χ2v) is 6.94. The summed E-state index contributed by atoms with van der Waals surface area (Å²) < 4.78 is 19.4. The molecule has 0 saturated heterocycles. The Kier molecular flexibility index (Phi) is 4.97. The minimum Gasteiger partial charge on any atom is -0.490 e. The Morgan fingerprint density at radius 2 is 1.79 bits per heavy atom. The van der Waals surface area contributed by atoms with Crippen LogP contribution < -0.4 is 10.1 Å². The lowest BCUT2D eigenvalue weighted by atomic mass is 9.93. The van der Waals surface area contributed by atoms with E-state index in [-0.39, 0.29) is 16.8 Å². The van der Waals surface area contributed by atoms with Crippen LogP contribution in [0.3, 0.4) is 0 Å². The van der Waals surface area contributed by atoms with E-state index in [2.05, 4.69) is 39.9 Å². The van der Waals surface area contributed by atoms with E-state index >= 15 is 0 Å². The van der Waals surface area contributed by atoms with Crippen molar-refractivity contribution in [2.24, 2.45) is 5.41 Å². The molecular weight excluding hydrogens is 241 g/mol. The van der Waals surface area contributed by atoms with Crippen LogP contribution in [-0.2, 0) is 0 Å². The normalized spacial score (nSPS) is 12.6. The summed E-state index contributed by atoms with van der Waals surface area (Å²) in [7, 11) is 0. The molecule has 0 fully saturated rings. The first-order valence-corrected chi connectivity index (χ1v) is 6.74. The van der Waals surface area contributed by atoms with Gasteiger partial charge in [-0.05, 0) is 39.3 Å². The molecule has 0 radical (unpaired) electrons. The van der Waals surface area contributed by atoms with Crippen LogP contribution in [0.4, 0.5) is 4.39 Å². The fourth-order valence-electron chi connectivity index (χ4n) is 1.56. The van der Waals surface area contributed by atoms with Crippen molar-refractivity contribution < 1.29 is 9.13 Å². The summed E-state index contributed by atoms with van der Waals surface area (Å²) in [6.45, 7) is 13.7. The topological polar surface area (TPSA) is 21.3 Å². The average molecular weight is 267 g/mol. The van der Waals surface area contributed by atoms with Crippen LogP contribution in [0, 0.1) is 18.2 Å². The fraction of sp³-hybridized carbons (Fsp3) is 0.625. The number of ether oxygens (including phenoxy) is 1. The van der Waals surface area contributed by atoms with Gasteiger partial charge in [-0.15, -0.1) is 0 Å². The number of benzene rings is 1. The summed E-state index contributed by atoms with van der Waals surface area (Å²) in [5.74, 6) is 0.0749. The van der Waals surface area contributed by atoms with E-state index in [9.17, 15) is 4.39 Å². The summed E-state index contributed by atoms with van der Waals surface area (Å²) in [5, 5.41) is 3.45. The van der Waals surface area contributed by atoms with Crippen LogP contribution in [0.25, 0.3) is 0 Å². The van der Waals surface area contributed by atoms with E-state index in [0.29, 0.717) is 17.9 Å². The van der Waals surface area contributed by atoms with Crippen molar-refractivity contribution in [3.05, 3.63) is 29.6 Å². The van der Waals surface area contributed by atoms with E-state index in [4.69, 9.17) is 4.74 Å². The van der Waals surface area contributed by atoms with Crippen molar-refractivity contribution in [2.75, 3.05) is 13.2 Å². The molecule has 19 heavy (non-hydrogen) atoms.